The van der Waals surface area contributed by atoms with Crippen molar-refractivity contribution in [2.75, 3.05) is 13.2 Å². The van der Waals surface area contributed by atoms with Crippen LogP contribution in [0.2, 0.25) is 0 Å². The van der Waals surface area contributed by atoms with Gasteiger partial charge in [-0.25, -0.2) is 0 Å². The summed E-state index contributed by atoms with van der Waals surface area (Å²) in [5, 5.41) is 11.3. The van der Waals surface area contributed by atoms with Crippen molar-refractivity contribution < 1.29 is 9.90 Å². The number of amides is 1. The zero-order chi connectivity index (χ0) is 10.9. The second-order valence-corrected chi connectivity index (χ2v) is 3.29. The van der Waals surface area contributed by atoms with Gasteiger partial charge in [-0.2, -0.15) is 0 Å². The number of hydrogen-bond donors (Lipinski definition) is 2. The molecule has 82 valence electrons. The fourth-order valence-corrected chi connectivity index (χ4v) is 1.22. The predicted octanol–water partition coefficient (Wildman–Crippen LogP) is 0.513. The molecule has 2 N–H and O–H groups in total. The topological polar surface area (TPSA) is 62.2 Å². The molecule has 1 aromatic heterocycles. The summed E-state index contributed by atoms with van der Waals surface area (Å²) in [7, 11) is 0. The molecule has 1 aromatic rings. The van der Waals surface area contributed by atoms with Gasteiger partial charge >= 0.3 is 0 Å². The minimum Gasteiger partial charge on any atom is -0.396 e. The molecular formula is C11H16N2O2. The molecular weight excluding hydrogens is 192 g/mol. The number of aromatic nitrogens is 1. The lowest BCUT2D eigenvalue weighted by Gasteiger charge is -2.04. The number of aliphatic hydroxyl groups excluding tert-OH is 1. The Labute approximate surface area is 89.3 Å². The van der Waals surface area contributed by atoms with Crippen LogP contribution in [0.15, 0.2) is 24.5 Å². The van der Waals surface area contributed by atoms with Crippen molar-refractivity contribution in [2.24, 2.45) is 0 Å². The molecule has 0 fully saturated rings. The first kappa shape index (κ1) is 11.7. The molecule has 1 rings (SSSR count). The average Bonchev–Trinajstić information content (AvgIpc) is 2.28. The molecule has 0 atom stereocenters. The summed E-state index contributed by atoms with van der Waals surface area (Å²) in [6.07, 6.45) is 5.23. The Morgan fingerprint density at radius 3 is 3.07 bits per heavy atom. The molecule has 0 saturated carbocycles. The van der Waals surface area contributed by atoms with Gasteiger partial charge in [0.2, 0.25) is 5.91 Å². The van der Waals surface area contributed by atoms with E-state index < -0.39 is 0 Å². The number of carbonyl (C=O) groups is 1. The van der Waals surface area contributed by atoms with E-state index in [0.29, 0.717) is 19.4 Å². The van der Waals surface area contributed by atoms with E-state index >= 15 is 0 Å². The normalized spacial score (nSPS) is 9.93. The summed E-state index contributed by atoms with van der Waals surface area (Å²) in [4.78, 5) is 15.1. The zero-order valence-electron chi connectivity index (χ0n) is 8.65. The van der Waals surface area contributed by atoms with Crippen LogP contribution in [0.1, 0.15) is 18.4 Å². The van der Waals surface area contributed by atoms with Crippen LogP contribution < -0.4 is 5.32 Å². The van der Waals surface area contributed by atoms with Crippen LogP contribution in [0, 0.1) is 0 Å². The zero-order valence-corrected chi connectivity index (χ0v) is 8.65. The summed E-state index contributed by atoms with van der Waals surface area (Å²) in [6.45, 7) is 0.686. The maximum atomic E-state index is 11.2. The van der Waals surface area contributed by atoms with Crippen LogP contribution in [0.3, 0.4) is 0 Å². The lowest BCUT2D eigenvalue weighted by atomic mass is 10.2. The molecule has 0 radical (unpaired) electrons. The molecule has 15 heavy (non-hydrogen) atoms. The third-order valence-electron chi connectivity index (χ3n) is 2.02. The van der Waals surface area contributed by atoms with E-state index in [1.165, 1.54) is 0 Å². The summed E-state index contributed by atoms with van der Waals surface area (Å²) in [6, 6.07) is 3.86. The maximum absolute atomic E-state index is 11.2. The number of hydrogen-bond acceptors (Lipinski definition) is 3. The van der Waals surface area contributed by atoms with Gasteiger partial charge < -0.3 is 10.4 Å². The molecule has 1 heterocycles. The van der Waals surface area contributed by atoms with Crippen LogP contribution in [0.25, 0.3) is 0 Å². The fourth-order valence-electron chi connectivity index (χ4n) is 1.22. The Bertz CT molecular complexity index is 288. The first-order chi connectivity index (χ1) is 7.33. The number of aliphatic hydroxyl groups is 1. The fraction of sp³-hybridized carbons (Fsp3) is 0.455. The van der Waals surface area contributed by atoms with Crippen LogP contribution >= 0.6 is 0 Å². The lowest BCUT2D eigenvalue weighted by Crippen LogP contribution is -2.25. The molecule has 4 nitrogen and oxygen atoms in total. The molecule has 1 amide bonds. The van der Waals surface area contributed by atoms with Gasteiger partial charge in [-0.15, -0.1) is 0 Å². The largest absolute Gasteiger partial charge is 0.396 e. The quantitative estimate of drug-likeness (QED) is 0.716. The maximum Gasteiger partial charge on any atom is 0.220 e. The van der Waals surface area contributed by atoms with Crippen molar-refractivity contribution in [2.45, 2.75) is 19.3 Å². The van der Waals surface area contributed by atoms with E-state index in [1.54, 1.807) is 12.4 Å². The Balaban J connectivity index is 2.14. The van der Waals surface area contributed by atoms with Gasteiger partial charge in [0.05, 0.1) is 0 Å². The third-order valence-corrected chi connectivity index (χ3v) is 2.02. The van der Waals surface area contributed by atoms with Gasteiger partial charge in [0.1, 0.15) is 0 Å². The van der Waals surface area contributed by atoms with Crippen molar-refractivity contribution in [1.29, 1.82) is 0 Å². The van der Waals surface area contributed by atoms with Crippen LogP contribution in [0.5, 0.6) is 0 Å². The van der Waals surface area contributed by atoms with E-state index in [0.717, 1.165) is 12.0 Å². The molecule has 0 aromatic carbocycles. The summed E-state index contributed by atoms with van der Waals surface area (Å²) >= 11 is 0. The van der Waals surface area contributed by atoms with Crippen LogP contribution in [0.4, 0.5) is 0 Å². The molecule has 0 bridgehead atoms. The van der Waals surface area contributed by atoms with Gasteiger partial charge in [0.25, 0.3) is 0 Å². The second-order valence-electron chi connectivity index (χ2n) is 3.29. The number of nitrogens with one attached hydrogen (secondary N) is 1. The number of rotatable bonds is 6. The Hall–Kier alpha value is -1.42. The predicted molar refractivity (Wildman–Crippen MR) is 57.3 cm³/mol. The molecule has 4 heteroatoms. The SMILES string of the molecule is O=C(CCCO)NCCc1cccnc1. The van der Waals surface area contributed by atoms with E-state index in [9.17, 15) is 4.79 Å². The monoisotopic (exact) mass is 208 g/mol. The van der Waals surface area contributed by atoms with E-state index in [4.69, 9.17) is 5.11 Å². The minimum atomic E-state index is -0.00654. The smallest absolute Gasteiger partial charge is 0.220 e. The molecule has 0 aliphatic heterocycles. The van der Waals surface area contributed by atoms with E-state index in [2.05, 4.69) is 10.3 Å². The van der Waals surface area contributed by atoms with Gasteiger partial charge in [-0.05, 0) is 24.5 Å². The van der Waals surface area contributed by atoms with Gasteiger partial charge in [0.15, 0.2) is 0 Å². The summed E-state index contributed by atoms with van der Waals surface area (Å²) in [5.41, 5.74) is 1.11. The molecule has 0 spiro atoms. The van der Waals surface area contributed by atoms with E-state index in [1.807, 2.05) is 12.1 Å². The lowest BCUT2D eigenvalue weighted by molar-refractivity contribution is -0.121. The minimum absolute atomic E-state index is 0.00654. The number of carbonyl (C=O) groups excluding carboxylic acids is 1. The summed E-state index contributed by atoms with van der Waals surface area (Å²) < 4.78 is 0. The highest BCUT2D eigenvalue weighted by Gasteiger charge is 1.99. The molecule has 0 aliphatic rings. The summed E-state index contributed by atoms with van der Waals surface area (Å²) in [5.74, 6) is -0.00654. The average molecular weight is 208 g/mol. The number of nitrogens with zero attached hydrogens (tertiary/aromatic N) is 1. The van der Waals surface area contributed by atoms with Crippen molar-refractivity contribution in [3.8, 4) is 0 Å². The van der Waals surface area contributed by atoms with Gasteiger partial charge in [-0.1, -0.05) is 6.07 Å². The van der Waals surface area contributed by atoms with Gasteiger partial charge in [-0.3, -0.25) is 9.78 Å². The van der Waals surface area contributed by atoms with Crippen LogP contribution in [-0.4, -0.2) is 29.1 Å². The highest BCUT2D eigenvalue weighted by atomic mass is 16.3. The van der Waals surface area contributed by atoms with Gasteiger partial charge in [0, 0.05) is 32.0 Å². The standard InChI is InChI=1S/C11H16N2O2/c14-8-2-4-11(15)13-7-5-10-3-1-6-12-9-10/h1,3,6,9,14H,2,4-5,7-8H2,(H,13,15). The molecule has 0 aliphatic carbocycles. The van der Waals surface area contributed by atoms with E-state index in [-0.39, 0.29) is 12.5 Å². The Morgan fingerprint density at radius 1 is 1.53 bits per heavy atom. The second kappa shape index (κ2) is 6.95. The Morgan fingerprint density at radius 2 is 2.40 bits per heavy atom. The highest BCUT2D eigenvalue weighted by molar-refractivity contribution is 5.75. The third kappa shape index (κ3) is 5.12. The van der Waals surface area contributed by atoms with Crippen molar-refractivity contribution >= 4 is 5.91 Å². The van der Waals surface area contributed by atoms with Crippen molar-refractivity contribution in [3.05, 3.63) is 30.1 Å². The first-order valence-corrected chi connectivity index (χ1v) is 5.09. The van der Waals surface area contributed by atoms with Crippen molar-refractivity contribution in [3.63, 3.8) is 0 Å². The Kier molecular flexibility index (Phi) is 5.40. The number of pyridine rings is 1. The van der Waals surface area contributed by atoms with Crippen LogP contribution in [-0.2, 0) is 11.2 Å². The molecule has 0 saturated heterocycles. The highest BCUT2D eigenvalue weighted by Crippen LogP contribution is 1.95. The van der Waals surface area contributed by atoms with Crippen molar-refractivity contribution in [1.82, 2.24) is 10.3 Å². The first-order valence-electron chi connectivity index (χ1n) is 5.09. The molecule has 0 unspecified atom stereocenters.